The predicted molar refractivity (Wildman–Crippen MR) is 162 cm³/mol. The zero-order valence-electron chi connectivity index (χ0n) is 22.8. The second-order valence-corrected chi connectivity index (χ2v) is 8.77. The molecule has 0 aromatic carbocycles. The van der Waals surface area contributed by atoms with Crippen molar-refractivity contribution in [3.63, 3.8) is 0 Å². The summed E-state index contributed by atoms with van der Waals surface area (Å²) in [7, 11) is 0. The fourth-order valence-corrected chi connectivity index (χ4v) is 3.79. The number of unbranched alkanes of at least 4 members (excludes halogenated alkanes) is 1. The van der Waals surface area contributed by atoms with Crippen molar-refractivity contribution >= 4 is 0 Å². The summed E-state index contributed by atoms with van der Waals surface area (Å²) in [6.45, 7) is 4.36. The molecule has 198 valence electrons. The van der Waals surface area contributed by atoms with Crippen LogP contribution >= 0.6 is 0 Å². The molecular weight excluding hydrogens is 492 g/mol. The molecule has 0 N–H and O–H groups in total. The highest BCUT2D eigenvalue weighted by molar-refractivity contribution is 5.80. The van der Waals surface area contributed by atoms with Gasteiger partial charge in [0, 0.05) is 95.3 Å². The highest BCUT2D eigenvalue weighted by Gasteiger charge is 2.09. The summed E-state index contributed by atoms with van der Waals surface area (Å²) in [4.78, 5) is 25.5. The van der Waals surface area contributed by atoms with Gasteiger partial charge in [-0.05, 0) is 48.5 Å². The number of nitrogens with zero attached hydrogens (tertiary/aromatic N) is 6. The second kappa shape index (κ2) is 15.3. The molecule has 0 bridgehead atoms. The molecule has 0 unspecified atom stereocenters. The topological polar surface area (TPSA) is 77.3 Å². The molecule has 6 aromatic heterocycles. The molecule has 6 heterocycles. The maximum atomic E-state index is 4.46. The van der Waals surface area contributed by atoms with E-state index in [0.29, 0.717) is 0 Å². The maximum absolute atomic E-state index is 4.46. The molecule has 6 aromatic rings. The van der Waals surface area contributed by atoms with E-state index in [9.17, 15) is 0 Å². The fraction of sp³-hybridized carbons (Fsp3) is 0.118. The first kappa shape index (κ1) is 27.9. The van der Waals surface area contributed by atoms with Crippen LogP contribution in [0.15, 0.2) is 135 Å². The van der Waals surface area contributed by atoms with E-state index in [1.54, 1.807) is 37.2 Å². The molecule has 6 heteroatoms. The summed E-state index contributed by atoms with van der Waals surface area (Å²) < 4.78 is 0. The summed E-state index contributed by atoms with van der Waals surface area (Å²) in [5.41, 5.74) is 8.14. The third-order valence-electron chi connectivity index (χ3n) is 5.93. The molecule has 6 nitrogen and oxygen atoms in total. The van der Waals surface area contributed by atoms with Crippen LogP contribution in [0, 0.1) is 0 Å². The minimum Gasteiger partial charge on any atom is -0.264 e. The van der Waals surface area contributed by atoms with Crippen molar-refractivity contribution in [1.29, 1.82) is 0 Å². The molecule has 0 fully saturated rings. The van der Waals surface area contributed by atoms with Gasteiger partial charge >= 0.3 is 0 Å². The lowest BCUT2D eigenvalue weighted by Crippen LogP contribution is -1.89. The van der Waals surface area contributed by atoms with Crippen LogP contribution in [0.2, 0.25) is 0 Å². The molecule has 0 amide bonds. The van der Waals surface area contributed by atoms with Gasteiger partial charge in [-0.2, -0.15) is 0 Å². The Hall–Kier alpha value is -5.10. The number of aromatic nitrogens is 6. The van der Waals surface area contributed by atoms with Gasteiger partial charge < -0.3 is 0 Å². The standard InChI is InChI=1S/2C15H11N3.C4H10/c2*1-4-12(10-16-7-1)14-6-3-9-18-15(14)13-5-2-8-17-11-13;1-3-4-2/h2*1-11H;3-4H2,1-2H3. The zero-order valence-corrected chi connectivity index (χ0v) is 22.8. The molecular formula is C34H32N6. The van der Waals surface area contributed by atoms with E-state index in [4.69, 9.17) is 0 Å². The minimum atomic E-state index is 0.929. The third kappa shape index (κ3) is 7.71. The van der Waals surface area contributed by atoms with Crippen LogP contribution in [0.1, 0.15) is 26.7 Å². The summed E-state index contributed by atoms with van der Waals surface area (Å²) in [5.74, 6) is 0. The normalized spacial score (nSPS) is 9.95. The van der Waals surface area contributed by atoms with Crippen LogP contribution in [0.25, 0.3) is 44.8 Å². The molecule has 0 aliphatic carbocycles. The SMILES string of the molecule is CCCC.c1cncc(-c2cccnc2-c2cccnc2)c1.c1cncc(-c2cccnc2-c2cccnc2)c1. The van der Waals surface area contributed by atoms with Crippen LogP contribution in [0.5, 0.6) is 0 Å². The number of pyridine rings is 6. The minimum absolute atomic E-state index is 0.929. The molecule has 0 aliphatic heterocycles. The van der Waals surface area contributed by atoms with Crippen molar-refractivity contribution in [1.82, 2.24) is 29.9 Å². The smallest absolute Gasteiger partial charge is 0.0796 e. The first-order valence-electron chi connectivity index (χ1n) is 13.3. The van der Waals surface area contributed by atoms with Crippen molar-refractivity contribution in [2.45, 2.75) is 26.7 Å². The van der Waals surface area contributed by atoms with E-state index in [0.717, 1.165) is 44.8 Å². The quantitative estimate of drug-likeness (QED) is 0.226. The van der Waals surface area contributed by atoms with Gasteiger partial charge in [-0.15, -0.1) is 0 Å². The van der Waals surface area contributed by atoms with Crippen molar-refractivity contribution in [2.24, 2.45) is 0 Å². The molecule has 0 spiro atoms. The molecule has 0 radical (unpaired) electrons. The van der Waals surface area contributed by atoms with Crippen LogP contribution in [-0.2, 0) is 0 Å². The lowest BCUT2D eigenvalue weighted by Gasteiger charge is -2.07. The number of hydrogen-bond acceptors (Lipinski definition) is 6. The average molecular weight is 525 g/mol. The number of rotatable bonds is 5. The van der Waals surface area contributed by atoms with Crippen molar-refractivity contribution in [2.75, 3.05) is 0 Å². The Morgan fingerprint density at radius 1 is 0.400 bits per heavy atom. The van der Waals surface area contributed by atoms with E-state index in [2.05, 4.69) is 43.8 Å². The lowest BCUT2D eigenvalue weighted by molar-refractivity contribution is 0.886. The summed E-state index contributed by atoms with van der Waals surface area (Å²) in [5, 5.41) is 0. The van der Waals surface area contributed by atoms with Crippen molar-refractivity contribution in [3.8, 4) is 44.8 Å². The number of hydrogen-bond donors (Lipinski definition) is 0. The van der Waals surface area contributed by atoms with Gasteiger partial charge in [-0.1, -0.05) is 51.0 Å². The summed E-state index contributed by atoms with van der Waals surface area (Å²) in [6, 6.07) is 23.7. The van der Waals surface area contributed by atoms with Gasteiger partial charge in [0.15, 0.2) is 0 Å². The molecule has 40 heavy (non-hydrogen) atoms. The maximum Gasteiger partial charge on any atom is 0.0796 e. The van der Waals surface area contributed by atoms with E-state index in [-0.39, 0.29) is 0 Å². The Morgan fingerprint density at radius 2 is 0.725 bits per heavy atom. The van der Waals surface area contributed by atoms with Crippen LogP contribution in [-0.4, -0.2) is 29.9 Å². The van der Waals surface area contributed by atoms with Crippen molar-refractivity contribution in [3.05, 3.63) is 135 Å². The summed E-state index contributed by atoms with van der Waals surface area (Å²) >= 11 is 0. The van der Waals surface area contributed by atoms with E-state index < -0.39 is 0 Å². The van der Waals surface area contributed by atoms with Crippen LogP contribution < -0.4 is 0 Å². The van der Waals surface area contributed by atoms with Crippen LogP contribution in [0.4, 0.5) is 0 Å². The highest BCUT2D eigenvalue weighted by Crippen LogP contribution is 2.29. The van der Waals surface area contributed by atoms with E-state index in [1.165, 1.54) is 12.8 Å². The first-order valence-corrected chi connectivity index (χ1v) is 13.3. The van der Waals surface area contributed by atoms with Crippen LogP contribution in [0.3, 0.4) is 0 Å². The fourth-order valence-electron chi connectivity index (χ4n) is 3.79. The Bertz CT molecular complexity index is 1310. The third-order valence-corrected chi connectivity index (χ3v) is 5.93. The van der Waals surface area contributed by atoms with E-state index >= 15 is 0 Å². The Labute approximate surface area is 236 Å². The largest absolute Gasteiger partial charge is 0.264 e. The van der Waals surface area contributed by atoms with Gasteiger partial charge in [-0.25, -0.2) is 0 Å². The Morgan fingerprint density at radius 3 is 1.02 bits per heavy atom. The Kier molecular flexibility index (Phi) is 10.7. The highest BCUT2D eigenvalue weighted by atomic mass is 14.7. The predicted octanol–water partition coefficient (Wildman–Crippen LogP) is 8.22. The van der Waals surface area contributed by atoms with Gasteiger partial charge in [-0.3, -0.25) is 29.9 Å². The van der Waals surface area contributed by atoms with Gasteiger partial charge in [0.25, 0.3) is 0 Å². The average Bonchev–Trinajstić information content (AvgIpc) is 3.07. The molecule has 6 rings (SSSR count). The van der Waals surface area contributed by atoms with Gasteiger partial charge in [0.1, 0.15) is 0 Å². The van der Waals surface area contributed by atoms with Crippen molar-refractivity contribution < 1.29 is 0 Å². The zero-order chi connectivity index (χ0) is 27.8. The van der Waals surface area contributed by atoms with E-state index in [1.807, 2.05) is 97.6 Å². The Balaban J connectivity index is 0.000000164. The summed E-state index contributed by atoms with van der Waals surface area (Å²) in [6.07, 6.45) is 20.6. The second-order valence-electron chi connectivity index (χ2n) is 8.77. The monoisotopic (exact) mass is 524 g/mol. The molecule has 0 aliphatic rings. The van der Waals surface area contributed by atoms with Gasteiger partial charge in [0.2, 0.25) is 0 Å². The lowest BCUT2D eigenvalue weighted by atomic mass is 10.0. The molecule has 0 saturated carbocycles. The van der Waals surface area contributed by atoms with Gasteiger partial charge in [0.05, 0.1) is 11.4 Å². The first-order chi connectivity index (χ1) is 19.8. The molecule has 0 atom stereocenters. The molecule has 0 saturated heterocycles.